The molecule has 0 spiro atoms. The fraction of sp³-hybridized carbons (Fsp3) is 0.179. The Balaban J connectivity index is 1.78. The number of aromatic nitrogens is 1. The van der Waals surface area contributed by atoms with Crippen molar-refractivity contribution in [3.63, 3.8) is 0 Å². The molecule has 2 atom stereocenters. The van der Waals surface area contributed by atoms with Crippen molar-refractivity contribution in [3.05, 3.63) is 99.0 Å². The largest absolute Gasteiger partial charge is 0.481 e. The highest BCUT2D eigenvalue weighted by atomic mass is 79.9. The zero-order chi connectivity index (χ0) is 25.1. The Morgan fingerprint density at radius 3 is 2.43 bits per heavy atom. The molecule has 1 heterocycles. The summed E-state index contributed by atoms with van der Waals surface area (Å²) < 4.78 is 0.834. The van der Waals surface area contributed by atoms with Gasteiger partial charge in [-0.25, -0.2) is 4.98 Å². The van der Waals surface area contributed by atoms with Gasteiger partial charge in [0.15, 0.2) is 0 Å². The number of carbonyl (C=O) groups excluding carboxylic acids is 1. The number of carbonyl (C=O) groups is 2. The Kier molecular flexibility index (Phi) is 7.53. The molecule has 5 nitrogen and oxygen atoms in total. The Morgan fingerprint density at radius 2 is 1.74 bits per heavy atom. The van der Waals surface area contributed by atoms with Crippen LogP contribution >= 0.6 is 27.5 Å². The smallest absolute Gasteiger partial charge is 0.304 e. The van der Waals surface area contributed by atoms with Crippen molar-refractivity contribution < 1.29 is 14.7 Å². The highest BCUT2D eigenvalue weighted by Crippen LogP contribution is 2.33. The van der Waals surface area contributed by atoms with Crippen LogP contribution in [0.5, 0.6) is 0 Å². The van der Waals surface area contributed by atoms with Gasteiger partial charge in [-0.1, -0.05) is 76.1 Å². The van der Waals surface area contributed by atoms with Crippen LogP contribution in [-0.4, -0.2) is 28.0 Å². The molecule has 4 aromatic rings. The van der Waals surface area contributed by atoms with Gasteiger partial charge in [-0.05, 0) is 49.2 Å². The molecule has 0 radical (unpaired) electrons. The van der Waals surface area contributed by atoms with Crippen LogP contribution in [0, 0.1) is 6.92 Å². The van der Waals surface area contributed by atoms with Gasteiger partial charge in [-0.2, -0.15) is 0 Å². The molecule has 35 heavy (non-hydrogen) atoms. The number of amides is 1. The molecule has 0 saturated carbocycles. The zero-order valence-corrected chi connectivity index (χ0v) is 21.6. The van der Waals surface area contributed by atoms with Crippen molar-refractivity contribution in [1.29, 1.82) is 0 Å². The number of halogens is 2. The Labute approximate surface area is 217 Å². The Hall–Kier alpha value is -3.22. The summed E-state index contributed by atoms with van der Waals surface area (Å²) in [6, 6.07) is 22.0. The number of nitrogens with zero attached hydrogens (tertiary/aromatic N) is 1. The minimum Gasteiger partial charge on any atom is -0.481 e. The van der Waals surface area contributed by atoms with Crippen LogP contribution in [0.15, 0.2) is 77.3 Å². The third-order valence-corrected chi connectivity index (χ3v) is 6.96. The van der Waals surface area contributed by atoms with E-state index in [4.69, 9.17) is 16.6 Å². The van der Waals surface area contributed by atoms with Crippen LogP contribution in [0.1, 0.15) is 40.7 Å². The summed E-state index contributed by atoms with van der Waals surface area (Å²) in [6.45, 7) is 3.69. The van der Waals surface area contributed by atoms with Crippen LogP contribution in [0.2, 0.25) is 5.02 Å². The lowest BCUT2D eigenvalue weighted by Crippen LogP contribution is -2.38. The maximum absolute atomic E-state index is 13.8. The molecule has 7 heteroatoms. The Bertz CT molecular complexity index is 1410. The summed E-state index contributed by atoms with van der Waals surface area (Å²) in [4.78, 5) is 30.3. The number of hydrogen-bond donors (Lipinski definition) is 2. The fourth-order valence-electron chi connectivity index (χ4n) is 4.40. The number of carboxylic acid groups (broad SMARTS) is 1. The first kappa shape index (κ1) is 24.9. The lowest BCUT2D eigenvalue weighted by Gasteiger charge is -2.26. The second kappa shape index (κ2) is 10.6. The molecule has 4 rings (SSSR count). The molecule has 0 aliphatic heterocycles. The van der Waals surface area contributed by atoms with Crippen LogP contribution in [0.3, 0.4) is 0 Å². The number of rotatable bonds is 7. The summed E-state index contributed by atoms with van der Waals surface area (Å²) in [5, 5.41) is 13.8. The minimum absolute atomic E-state index is 0.165. The molecular formula is C28H24BrClN2O3. The van der Waals surface area contributed by atoms with E-state index in [1.165, 1.54) is 0 Å². The van der Waals surface area contributed by atoms with Crippen LogP contribution in [0.4, 0.5) is 0 Å². The van der Waals surface area contributed by atoms with Crippen LogP contribution in [-0.2, 0) is 4.79 Å². The normalized spacial score (nSPS) is 12.8. The molecule has 3 aromatic carbocycles. The van der Waals surface area contributed by atoms with Crippen molar-refractivity contribution in [3.8, 4) is 11.3 Å². The van der Waals surface area contributed by atoms with Gasteiger partial charge in [0.25, 0.3) is 5.91 Å². The first-order valence-corrected chi connectivity index (χ1v) is 12.4. The number of pyridine rings is 1. The summed E-state index contributed by atoms with van der Waals surface area (Å²) in [5.41, 5.74) is 4.29. The first-order valence-electron chi connectivity index (χ1n) is 11.2. The van der Waals surface area contributed by atoms with E-state index in [1.807, 2.05) is 68.4 Å². The summed E-state index contributed by atoms with van der Waals surface area (Å²) >= 11 is 9.89. The number of hydrogen-bond acceptors (Lipinski definition) is 3. The highest BCUT2D eigenvalue weighted by molar-refractivity contribution is 9.10. The quantitative estimate of drug-likeness (QED) is 0.259. The van der Waals surface area contributed by atoms with Crippen molar-refractivity contribution in [2.75, 3.05) is 0 Å². The number of benzene rings is 3. The molecule has 0 aliphatic rings. The first-order chi connectivity index (χ1) is 16.8. The van der Waals surface area contributed by atoms with Gasteiger partial charge < -0.3 is 10.4 Å². The zero-order valence-electron chi connectivity index (χ0n) is 19.3. The van der Waals surface area contributed by atoms with E-state index >= 15 is 0 Å². The van der Waals surface area contributed by atoms with E-state index in [0.29, 0.717) is 27.1 Å². The molecule has 0 aliphatic carbocycles. The molecule has 1 amide bonds. The number of aliphatic carboxylic acids is 1. The van der Waals surface area contributed by atoms with E-state index in [1.54, 1.807) is 18.2 Å². The molecule has 2 N–H and O–H groups in total. The molecule has 1 unspecified atom stereocenters. The molecule has 1 aromatic heterocycles. The maximum Gasteiger partial charge on any atom is 0.304 e. The van der Waals surface area contributed by atoms with Crippen molar-refractivity contribution >= 4 is 50.3 Å². The fourth-order valence-corrected chi connectivity index (χ4v) is 5.04. The van der Waals surface area contributed by atoms with Crippen molar-refractivity contribution in [2.45, 2.75) is 32.2 Å². The lowest BCUT2D eigenvalue weighted by atomic mass is 9.88. The number of nitrogens with one attached hydrogen (secondary N) is 1. The topological polar surface area (TPSA) is 79.3 Å². The third-order valence-electron chi connectivity index (χ3n) is 6.13. The number of carboxylic acids is 1. The predicted molar refractivity (Wildman–Crippen MR) is 143 cm³/mol. The second-order valence-electron chi connectivity index (χ2n) is 8.48. The van der Waals surface area contributed by atoms with E-state index < -0.39 is 17.9 Å². The van der Waals surface area contributed by atoms with Crippen molar-refractivity contribution in [2.24, 2.45) is 0 Å². The third kappa shape index (κ3) is 5.39. The van der Waals surface area contributed by atoms with Gasteiger partial charge in [0.2, 0.25) is 0 Å². The molecular weight excluding hydrogens is 528 g/mol. The van der Waals surface area contributed by atoms with Crippen LogP contribution in [0.25, 0.3) is 22.2 Å². The predicted octanol–water partition coefficient (Wildman–Crippen LogP) is 7.00. The van der Waals surface area contributed by atoms with E-state index in [2.05, 4.69) is 21.2 Å². The van der Waals surface area contributed by atoms with Gasteiger partial charge >= 0.3 is 5.97 Å². The minimum atomic E-state index is -0.961. The summed E-state index contributed by atoms with van der Waals surface area (Å²) in [5.74, 6) is -1.75. The summed E-state index contributed by atoms with van der Waals surface area (Å²) in [6.07, 6.45) is -0.165. The summed E-state index contributed by atoms with van der Waals surface area (Å²) in [7, 11) is 0. The van der Waals surface area contributed by atoms with Gasteiger partial charge in [-0.15, -0.1) is 0 Å². The molecule has 0 saturated heterocycles. The molecule has 178 valence electrons. The van der Waals surface area contributed by atoms with Gasteiger partial charge in [-0.3, -0.25) is 9.59 Å². The monoisotopic (exact) mass is 550 g/mol. The highest BCUT2D eigenvalue weighted by Gasteiger charge is 2.27. The van der Waals surface area contributed by atoms with Crippen molar-refractivity contribution in [1.82, 2.24) is 10.3 Å². The van der Waals surface area contributed by atoms with Gasteiger partial charge in [0.1, 0.15) is 0 Å². The second-order valence-corrected chi connectivity index (χ2v) is 9.80. The van der Waals surface area contributed by atoms with E-state index in [0.717, 1.165) is 21.3 Å². The average molecular weight is 552 g/mol. The molecule has 0 fully saturated rings. The van der Waals surface area contributed by atoms with Gasteiger partial charge in [0.05, 0.1) is 23.2 Å². The lowest BCUT2D eigenvalue weighted by molar-refractivity contribution is -0.137. The Morgan fingerprint density at radius 1 is 1.06 bits per heavy atom. The number of fused-ring (bicyclic) bond motifs is 1. The standard InChI is InChI=1S/C28H24BrClN2O3/c1-16-26(22-14-19(29)12-13-24(22)32-27(16)18-8-4-3-5-9-18)28(35)31-17(2)21(15-25(33)34)20-10-6-7-11-23(20)30/h3-14,17,21H,15H2,1-2H3,(H,31,35)(H,33,34)/t17-,21?/m1/s1. The van der Waals surface area contributed by atoms with Gasteiger partial charge in [0, 0.05) is 32.4 Å². The van der Waals surface area contributed by atoms with E-state index in [9.17, 15) is 14.7 Å². The SMILES string of the molecule is Cc1c(-c2ccccc2)nc2ccc(Br)cc2c1C(=O)N[C@H](C)C(CC(=O)O)c1ccccc1Cl. The molecule has 0 bridgehead atoms. The van der Waals surface area contributed by atoms with Crippen LogP contribution < -0.4 is 5.32 Å². The average Bonchev–Trinajstić information content (AvgIpc) is 2.83. The van der Waals surface area contributed by atoms with E-state index in [-0.39, 0.29) is 12.3 Å². The maximum atomic E-state index is 13.8.